The maximum absolute atomic E-state index is 13.3. The van der Waals surface area contributed by atoms with Crippen LogP contribution in [0, 0.1) is 0 Å². The van der Waals surface area contributed by atoms with Crippen LogP contribution in [0.5, 0.6) is 0 Å². The molecule has 1 atom stereocenters. The van der Waals surface area contributed by atoms with Crippen molar-refractivity contribution in [2.24, 2.45) is 5.73 Å². The Labute approximate surface area is 229 Å². The standard InChI is InChI=1S/C29H40N4O6/c1-29(2,3)39-28(37)33(23-8-6-5-7-9-23)27(36)31-24(26(30)35)18-20-10-12-21(13-11-20)22-14-15-25(34)32(19-22)16-17-38-4/h10-15,19,23-24H,5-9,16-18H2,1-4H3,(H2,30,35)(H,31,36). The van der Waals surface area contributed by atoms with Crippen molar-refractivity contribution in [1.29, 1.82) is 0 Å². The summed E-state index contributed by atoms with van der Waals surface area (Å²) in [4.78, 5) is 51.8. The fraction of sp³-hybridized carbons (Fsp3) is 0.517. The number of urea groups is 1. The van der Waals surface area contributed by atoms with Crippen LogP contribution < -0.4 is 16.6 Å². The minimum atomic E-state index is -1.02. The van der Waals surface area contributed by atoms with E-state index in [0.717, 1.165) is 40.9 Å². The molecule has 39 heavy (non-hydrogen) atoms. The number of nitrogens with two attached hydrogens (primary N) is 1. The van der Waals surface area contributed by atoms with E-state index in [9.17, 15) is 19.2 Å². The van der Waals surface area contributed by atoms with Crippen molar-refractivity contribution in [3.63, 3.8) is 0 Å². The molecular formula is C29H40N4O6. The van der Waals surface area contributed by atoms with E-state index >= 15 is 0 Å². The van der Waals surface area contributed by atoms with Gasteiger partial charge in [0.2, 0.25) is 5.91 Å². The second kappa shape index (κ2) is 13.4. The summed E-state index contributed by atoms with van der Waals surface area (Å²) in [5.74, 6) is -0.703. The first-order valence-electron chi connectivity index (χ1n) is 13.4. The van der Waals surface area contributed by atoms with Gasteiger partial charge in [-0.2, -0.15) is 0 Å². The van der Waals surface area contributed by atoms with E-state index < -0.39 is 29.7 Å². The van der Waals surface area contributed by atoms with Gasteiger partial charge < -0.3 is 25.1 Å². The summed E-state index contributed by atoms with van der Waals surface area (Å²) in [6.07, 6.45) is 5.45. The van der Waals surface area contributed by atoms with Crippen LogP contribution in [0.4, 0.5) is 9.59 Å². The molecule has 1 heterocycles. The highest BCUT2D eigenvalue weighted by molar-refractivity contribution is 5.94. The molecule has 0 radical (unpaired) electrons. The third-order valence-corrected chi connectivity index (χ3v) is 6.64. The van der Waals surface area contributed by atoms with Crippen molar-refractivity contribution >= 4 is 18.0 Å². The van der Waals surface area contributed by atoms with Crippen LogP contribution in [-0.4, -0.2) is 58.9 Å². The topological polar surface area (TPSA) is 133 Å². The van der Waals surface area contributed by atoms with Gasteiger partial charge in [-0.25, -0.2) is 14.5 Å². The van der Waals surface area contributed by atoms with Crippen LogP contribution in [-0.2, 0) is 27.2 Å². The van der Waals surface area contributed by atoms with E-state index in [1.54, 1.807) is 44.7 Å². The number of carbonyl (C=O) groups excluding carboxylic acids is 3. The van der Waals surface area contributed by atoms with E-state index in [0.29, 0.717) is 26.0 Å². The molecule has 3 rings (SSSR count). The quantitative estimate of drug-likeness (QED) is 0.497. The second-order valence-corrected chi connectivity index (χ2v) is 10.9. The third-order valence-electron chi connectivity index (χ3n) is 6.64. The molecule has 10 heteroatoms. The van der Waals surface area contributed by atoms with E-state index in [1.807, 2.05) is 24.3 Å². The molecule has 3 N–H and O–H groups in total. The Bertz CT molecular complexity index is 1200. The Morgan fingerprint density at radius 1 is 1.05 bits per heavy atom. The highest BCUT2D eigenvalue weighted by Crippen LogP contribution is 2.25. The summed E-state index contributed by atoms with van der Waals surface area (Å²) >= 11 is 0. The van der Waals surface area contributed by atoms with E-state index in [2.05, 4.69) is 5.32 Å². The number of rotatable bonds is 9. The van der Waals surface area contributed by atoms with Gasteiger partial charge in [0.25, 0.3) is 5.56 Å². The Kier molecular flexibility index (Phi) is 10.3. The highest BCUT2D eigenvalue weighted by atomic mass is 16.6. The molecule has 1 aliphatic rings. The Hall–Kier alpha value is -3.66. The van der Waals surface area contributed by atoms with Gasteiger partial charge >= 0.3 is 12.1 Å². The number of nitrogens with zero attached hydrogens (tertiary/aromatic N) is 2. The number of primary amides is 1. The summed E-state index contributed by atoms with van der Waals surface area (Å²) < 4.78 is 12.2. The predicted octanol–water partition coefficient (Wildman–Crippen LogP) is 3.84. The van der Waals surface area contributed by atoms with E-state index in [1.165, 1.54) is 6.07 Å². The first kappa shape index (κ1) is 29.9. The number of carbonyl (C=O) groups is 3. The van der Waals surface area contributed by atoms with Crippen LogP contribution in [0.3, 0.4) is 0 Å². The molecule has 0 saturated heterocycles. The van der Waals surface area contributed by atoms with Crippen molar-refractivity contribution in [1.82, 2.24) is 14.8 Å². The van der Waals surface area contributed by atoms with Gasteiger partial charge in [0.15, 0.2) is 0 Å². The molecule has 2 aromatic rings. The number of hydrogen-bond acceptors (Lipinski definition) is 6. The number of ether oxygens (including phenoxy) is 2. The number of nitrogens with one attached hydrogen (secondary N) is 1. The Balaban J connectivity index is 1.74. The predicted molar refractivity (Wildman–Crippen MR) is 148 cm³/mol. The van der Waals surface area contributed by atoms with Gasteiger partial charge in [-0.15, -0.1) is 0 Å². The van der Waals surface area contributed by atoms with Crippen LogP contribution >= 0.6 is 0 Å². The van der Waals surface area contributed by atoms with Crippen molar-refractivity contribution in [2.45, 2.75) is 83.5 Å². The van der Waals surface area contributed by atoms with Gasteiger partial charge in [0.05, 0.1) is 6.61 Å². The molecular weight excluding hydrogens is 500 g/mol. The van der Waals surface area contributed by atoms with Crippen molar-refractivity contribution in [2.75, 3.05) is 13.7 Å². The van der Waals surface area contributed by atoms with Crippen LogP contribution in [0.15, 0.2) is 47.4 Å². The van der Waals surface area contributed by atoms with Crippen LogP contribution in [0.2, 0.25) is 0 Å². The first-order valence-corrected chi connectivity index (χ1v) is 13.4. The Morgan fingerprint density at radius 3 is 2.28 bits per heavy atom. The van der Waals surface area contributed by atoms with E-state index in [4.69, 9.17) is 15.2 Å². The van der Waals surface area contributed by atoms with Gasteiger partial charge in [-0.05, 0) is 56.4 Å². The molecule has 0 bridgehead atoms. The fourth-order valence-electron chi connectivity index (χ4n) is 4.62. The minimum Gasteiger partial charge on any atom is -0.443 e. The lowest BCUT2D eigenvalue weighted by Crippen LogP contribution is -2.56. The second-order valence-electron chi connectivity index (χ2n) is 10.9. The van der Waals surface area contributed by atoms with Crippen molar-refractivity contribution < 1.29 is 23.9 Å². The lowest BCUT2D eigenvalue weighted by molar-refractivity contribution is -0.119. The molecule has 1 aromatic carbocycles. The van der Waals surface area contributed by atoms with Gasteiger partial charge in [0, 0.05) is 38.4 Å². The lowest BCUT2D eigenvalue weighted by Gasteiger charge is -2.34. The zero-order chi connectivity index (χ0) is 28.6. The number of pyridine rings is 1. The normalized spacial score (nSPS) is 14.9. The Morgan fingerprint density at radius 2 is 1.69 bits per heavy atom. The minimum absolute atomic E-state index is 0.110. The highest BCUT2D eigenvalue weighted by Gasteiger charge is 2.35. The van der Waals surface area contributed by atoms with Gasteiger partial charge in [-0.3, -0.25) is 9.59 Å². The first-order chi connectivity index (χ1) is 18.5. The molecule has 1 fully saturated rings. The SMILES string of the molecule is COCCn1cc(-c2ccc(CC(NC(=O)N(C(=O)OC(C)(C)C)C3CCCCC3)C(N)=O)cc2)ccc1=O. The fourth-order valence-corrected chi connectivity index (χ4v) is 4.62. The number of methoxy groups -OCH3 is 1. The molecule has 0 spiro atoms. The third kappa shape index (κ3) is 8.68. The maximum Gasteiger partial charge on any atom is 0.418 e. The van der Waals surface area contributed by atoms with Crippen LogP contribution in [0.25, 0.3) is 11.1 Å². The monoisotopic (exact) mass is 540 g/mol. The number of hydrogen-bond donors (Lipinski definition) is 2. The summed E-state index contributed by atoms with van der Waals surface area (Å²) in [7, 11) is 1.58. The number of aromatic nitrogens is 1. The molecule has 212 valence electrons. The molecule has 0 aliphatic heterocycles. The van der Waals surface area contributed by atoms with Gasteiger partial charge in [0.1, 0.15) is 11.6 Å². The molecule has 1 aromatic heterocycles. The molecule has 1 aliphatic carbocycles. The molecule has 1 unspecified atom stereocenters. The summed E-state index contributed by atoms with van der Waals surface area (Å²) in [5, 5.41) is 2.67. The largest absolute Gasteiger partial charge is 0.443 e. The van der Waals surface area contributed by atoms with Crippen molar-refractivity contribution in [3.8, 4) is 11.1 Å². The molecule has 1 saturated carbocycles. The summed E-state index contributed by atoms with van der Waals surface area (Å²) in [6.45, 7) is 6.10. The van der Waals surface area contributed by atoms with Crippen LogP contribution in [0.1, 0.15) is 58.4 Å². The summed E-state index contributed by atoms with van der Waals surface area (Å²) in [6, 6.07) is 8.71. The zero-order valence-electron chi connectivity index (χ0n) is 23.3. The number of amides is 4. The average molecular weight is 541 g/mol. The lowest BCUT2D eigenvalue weighted by atomic mass is 9.94. The number of benzene rings is 1. The maximum atomic E-state index is 13.3. The zero-order valence-corrected chi connectivity index (χ0v) is 23.3. The molecule has 4 amide bonds. The van der Waals surface area contributed by atoms with Crippen molar-refractivity contribution in [3.05, 3.63) is 58.5 Å². The smallest absolute Gasteiger partial charge is 0.418 e. The van der Waals surface area contributed by atoms with Gasteiger partial charge in [-0.1, -0.05) is 43.5 Å². The average Bonchev–Trinajstić information content (AvgIpc) is 2.88. The van der Waals surface area contributed by atoms with E-state index in [-0.39, 0.29) is 18.0 Å². The summed E-state index contributed by atoms with van der Waals surface area (Å²) in [5.41, 5.74) is 7.29. The number of imide groups is 1. The molecule has 10 nitrogen and oxygen atoms in total.